The quantitative estimate of drug-likeness (QED) is 0.922. The molecule has 1 aliphatic heterocycles. The van der Waals surface area contributed by atoms with E-state index in [1.807, 2.05) is 31.2 Å². The Labute approximate surface area is 128 Å². The van der Waals surface area contributed by atoms with E-state index in [4.69, 9.17) is 14.2 Å². The zero-order valence-corrected chi connectivity index (χ0v) is 12.3. The Bertz CT molecular complexity index is 684. The highest BCUT2D eigenvalue weighted by Crippen LogP contribution is 2.32. The van der Waals surface area contributed by atoms with Crippen molar-refractivity contribution in [3.05, 3.63) is 53.6 Å². The summed E-state index contributed by atoms with van der Waals surface area (Å²) in [5, 5.41) is 2.88. The SMILES string of the molecule is CCOc1cccc(C(=O)NCc2ccc3c(c2)OCO3)c1. The van der Waals surface area contributed by atoms with Crippen LogP contribution in [0, 0.1) is 0 Å². The van der Waals surface area contributed by atoms with Crippen LogP contribution >= 0.6 is 0 Å². The van der Waals surface area contributed by atoms with Crippen molar-refractivity contribution in [3.8, 4) is 17.2 Å². The number of carbonyl (C=O) groups excluding carboxylic acids is 1. The van der Waals surface area contributed by atoms with E-state index in [1.54, 1.807) is 18.2 Å². The van der Waals surface area contributed by atoms with Crippen molar-refractivity contribution in [2.24, 2.45) is 0 Å². The lowest BCUT2D eigenvalue weighted by Gasteiger charge is -2.08. The van der Waals surface area contributed by atoms with E-state index >= 15 is 0 Å². The van der Waals surface area contributed by atoms with E-state index in [0.717, 1.165) is 11.3 Å². The number of amides is 1. The summed E-state index contributed by atoms with van der Waals surface area (Å²) in [5.74, 6) is 2.00. The molecule has 114 valence electrons. The molecule has 0 unspecified atom stereocenters. The lowest BCUT2D eigenvalue weighted by atomic mass is 10.1. The van der Waals surface area contributed by atoms with Gasteiger partial charge in [0.05, 0.1) is 6.61 Å². The number of ether oxygens (including phenoxy) is 3. The smallest absolute Gasteiger partial charge is 0.251 e. The Morgan fingerprint density at radius 3 is 2.91 bits per heavy atom. The molecule has 0 radical (unpaired) electrons. The maximum absolute atomic E-state index is 12.2. The van der Waals surface area contributed by atoms with Crippen molar-refractivity contribution >= 4 is 5.91 Å². The largest absolute Gasteiger partial charge is 0.494 e. The van der Waals surface area contributed by atoms with Gasteiger partial charge in [-0.05, 0) is 42.8 Å². The zero-order chi connectivity index (χ0) is 15.4. The fourth-order valence-electron chi connectivity index (χ4n) is 2.23. The summed E-state index contributed by atoms with van der Waals surface area (Å²) in [5.41, 5.74) is 1.53. The molecule has 0 atom stereocenters. The normalized spacial score (nSPS) is 12.0. The third-order valence-corrected chi connectivity index (χ3v) is 3.30. The van der Waals surface area contributed by atoms with Gasteiger partial charge in [0.25, 0.3) is 5.91 Å². The molecule has 5 nitrogen and oxygen atoms in total. The number of benzene rings is 2. The first kappa shape index (κ1) is 14.3. The third kappa shape index (κ3) is 3.14. The monoisotopic (exact) mass is 299 g/mol. The van der Waals surface area contributed by atoms with Crippen molar-refractivity contribution in [3.63, 3.8) is 0 Å². The highest BCUT2D eigenvalue weighted by atomic mass is 16.7. The Hall–Kier alpha value is -2.69. The van der Waals surface area contributed by atoms with Gasteiger partial charge in [0.15, 0.2) is 11.5 Å². The molecule has 5 heteroatoms. The van der Waals surface area contributed by atoms with Crippen LogP contribution in [0.15, 0.2) is 42.5 Å². The number of carbonyl (C=O) groups is 1. The first-order valence-electron chi connectivity index (χ1n) is 7.16. The van der Waals surface area contributed by atoms with E-state index in [0.29, 0.717) is 30.2 Å². The second kappa shape index (κ2) is 6.39. The van der Waals surface area contributed by atoms with E-state index in [2.05, 4.69) is 5.32 Å². The summed E-state index contributed by atoms with van der Waals surface area (Å²) in [4.78, 5) is 12.2. The molecule has 1 heterocycles. The lowest BCUT2D eigenvalue weighted by molar-refractivity contribution is 0.0950. The molecular formula is C17H17NO4. The first-order chi connectivity index (χ1) is 10.8. The fraction of sp³-hybridized carbons (Fsp3) is 0.235. The second-order valence-electron chi connectivity index (χ2n) is 4.83. The van der Waals surface area contributed by atoms with Crippen molar-refractivity contribution in [1.29, 1.82) is 0 Å². The van der Waals surface area contributed by atoms with Crippen molar-refractivity contribution < 1.29 is 19.0 Å². The van der Waals surface area contributed by atoms with Gasteiger partial charge in [-0.25, -0.2) is 0 Å². The molecule has 0 saturated heterocycles. The highest BCUT2D eigenvalue weighted by molar-refractivity contribution is 5.94. The minimum Gasteiger partial charge on any atom is -0.494 e. The molecule has 1 amide bonds. The van der Waals surface area contributed by atoms with Crippen LogP contribution in [0.5, 0.6) is 17.2 Å². The molecular weight excluding hydrogens is 282 g/mol. The fourth-order valence-corrected chi connectivity index (χ4v) is 2.23. The molecule has 1 aliphatic rings. The van der Waals surface area contributed by atoms with Gasteiger partial charge in [-0.3, -0.25) is 4.79 Å². The van der Waals surface area contributed by atoms with Gasteiger partial charge in [-0.1, -0.05) is 12.1 Å². The van der Waals surface area contributed by atoms with Crippen LogP contribution in [0.1, 0.15) is 22.8 Å². The van der Waals surface area contributed by atoms with Crippen LogP contribution in [-0.2, 0) is 6.54 Å². The van der Waals surface area contributed by atoms with Gasteiger partial charge in [0.2, 0.25) is 6.79 Å². The molecule has 0 saturated carbocycles. The van der Waals surface area contributed by atoms with Gasteiger partial charge in [0.1, 0.15) is 5.75 Å². The van der Waals surface area contributed by atoms with Gasteiger partial charge in [-0.2, -0.15) is 0 Å². The van der Waals surface area contributed by atoms with E-state index in [1.165, 1.54) is 0 Å². The zero-order valence-electron chi connectivity index (χ0n) is 12.3. The standard InChI is InChI=1S/C17H17NO4/c1-2-20-14-5-3-4-13(9-14)17(19)18-10-12-6-7-15-16(8-12)22-11-21-15/h3-9H,2,10-11H2,1H3,(H,18,19). The average molecular weight is 299 g/mol. The van der Waals surface area contributed by atoms with Crippen LogP contribution < -0.4 is 19.5 Å². The summed E-state index contributed by atoms with van der Waals surface area (Å²) < 4.78 is 16.0. The molecule has 0 aliphatic carbocycles. The third-order valence-electron chi connectivity index (χ3n) is 3.30. The number of rotatable bonds is 5. The summed E-state index contributed by atoms with van der Waals surface area (Å²) in [6, 6.07) is 12.8. The van der Waals surface area contributed by atoms with Crippen molar-refractivity contribution in [1.82, 2.24) is 5.32 Å². The maximum Gasteiger partial charge on any atom is 0.251 e. The van der Waals surface area contributed by atoms with Gasteiger partial charge < -0.3 is 19.5 Å². The molecule has 0 spiro atoms. The maximum atomic E-state index is 12.2. The minimum absolute atomic E-state index is 0.140. The highest BCUT2D eigenvalue weighted by Gasteiger charge is 2.13. The average Bonchev–Trinajstić information content (AvgIpc) is 3.01. The van der Waals surface area contributed by atoms with Crippen molar-refractivity contribution in [2.45, 2.75) is 13.5 Å². The number of hydrogen-bond donors (Lipinski definition) is 1. The summed E-state index contributed by atoms with van der Waals surface area (Å²) >= 11 is 0. The Morgan fingerprint density at radius 1 is 1.18 bits per heavy atom. The predicted octanol–water partition coefficient (Wildman–Crippen LogP) is 2.74. The molecule has 1 N–H and O–H groups in total. The topological polar surface area (TPSA) is 56.8 Å². The van der Waals surface area contributed by atoms with Gasteiger partial charge in [-0.15, -0.1) is 0 Å². The molecule has 22 heavy (non-hydrogen) atoms. The number of nitrogens with one attached hydrogen (secondary N) is 1. The van der Waals surface area contributed by atoms with Crippen molar-refractivity contribution in [2.75, 3.05) is 13.4 Å². The van der Waals surface area contributed by atoms with E-state index in [9.17, 15) is 4.79 Å². The van der Waals surface area contributed by atoms with Crippen LogP contribution in [0.3, 0.4) is 0 Å². The minimum atomic E-state index is -0.140. The first-order valence-corrected chi connectivity index (χ1v) is 7.16. The van der Waals surface area contributed by atoms with Crippen LogP contribution in [0.25, 0.3) is 0 Å². The molecule has 0 fully saturated rings. The summed E-state index contributed by atoms with van der Waals surface area (Å²) in [6.45, 7) is 3.15. The Balaban J connectivity index is 1.63. The number of fused-ring (bicyclic) bond motifs is 1. The van der Waals surface area contributed by atoms with Crippen LogP contribution in [0.2, 0.25) is 0 Å². The number of hydrogen-bond acceptors (Lipinski definition) is 4. The molecule has 3 rings (SSSR count). The van der Waals surface area contributed by atoms with E-state index < -0.39 is 0 Å². The molecule has 0 aromatic heterocycles. The van der Waals surface area contributed by atoms with Gasteiger partial charge >= 0.3 is 0 Å². The van der Waals surface area contributed by atoms with Crippen LogP contribution in [-0.4, -0.2) is 19.3 Å². The summed E-state index contributed by atoms with van der Waals surface area (Å²) in [6.07, 6.45) is 0. The van der Waals surface area contributed by atoms with Gasteiger partial charge in [0, 0.05) is 12.1 Å². The predicted molar refractivity (Wildman–Crippen MR) is 81.3 cm³/mol. The molecule has 0 bridgehead atoms. The second-order valence-corrected chi connectivity index (χ2v) is 4.83. The molecule has 2 aromatic rings. The Kier molecular flexibility index (Phi) is 4.14. The Morgan fingerprint density at radius 2 is 2.05 bits per heavy atom. The lowest BCUT2D eigenvalue weighted by Crippen LogP contribution is -2.22. The molecule has 2 aromatic carbocycles. The van der Waals surface area contributed by atoms with E-state index in [-0.39, 0.29) is 12.7 Å². The van der Waals surface area contributed by atoms with Crippen LogP contribution in [0.4, 0.5) is 0 Å². The summed E-state index contributed by atoms with van der Waals surface area (Å²) in [7, 11) is 0.